The van der Waals surface area contributed by atoms with Gasteiger partial charge in [-0.2, -0.15) is 0 Å². The molecule has 2 heteroatoms. The molecule has 1 unspecified atom stereocenters. The number of unbranched alkanes of at least 4 members (excludes halogenated alkanes) is 8. The van der Waals surface area contributed by atoms with Gasteiger partial charge in [0.2, 0.25) is 0 Å². The fraction of sp³-hybridized carbons (Fsp3) is 0.696. The van der Waals surface area contributed by atoms with E-state index in [2.05, 4.69) is 55.8 Å². The van der Waals surface area contributed by atoms with Gasteiger partial charge in [0.15, 0.2) is 0 Å². The molecule has 0 aliphatic heterocycles. The summed E-state index contributed by atoms with van der Waals surface area (Å²) in [6.45, 7) is 6.79. The molecule has 0 amide bonds. The van der Waals surface area contributed by atoms with Gasteiger partial charge in [-0.1, -0.05) is 89.0 Å². The predicted octanol–water partition coefficient (Wildman–Crippen LogP) is 7.14. The van der Waals surface area contributed by atoms with Crippen LogP contribution in [0.3, 0.4) is 0 Å². The van der Waals surface area contributed by atoms with Gasteiger partial charge in [-0.15, -0.1) is 0 Å². The molecule has 2 rings (SSSR count). The van der Waals surface area contributed by atoms with Crippen LogP contribution in [0.4, 0.5) is 0 Å². The number of hydrogen-bond donors (Lipinski definition) is 0. The second-order valence-corrected chi connectivity index (χ2v) is 7.98. The number of nitrogens with zero attached hydrogens (tertiary/aromatic N) is 2. The molecule has 140 valence electrons. The van der Waals surface area contributed by atoms with E-state index >= 15 is 0 Å². The minimum absolute atomic E-state index is 0.101. The highest BCUT2D eigenvalue weighted by atomic mass is 15.1. The van der Waals surface area contributed by atoms with Crippen LogP contribution in [0, 0.1) is 0 Å². The van der Waals surface area contributed by atoms with Crippen LogP contribution in [-0.4, -0.2) is 9.55 Å². The molecule has 1 aliphatic carbocycles. The zero-order valence-electron chi connectivity index (χ0n) is 16.7. The molecule has 1 aromatic rings. The lowest BCUT2D eigenvalue weighted by Crippen LogP contribution is -2.29. The Bertz CT molecular complexity index is 538. The second-order valence-electron chi connectivity index (χ2n) is 7.98. The van der Waals surface area contributed by atoms with Crippen molar-refractivity contribution < 1.29 is 0 Å². The molecular weight excluding hydrogens is 304 g/mol. The Morgan fingerprint density at radius 3 is 2.28 bits per heavy atom. The van der Waals surface area contributed by atoms with E-state index in [0.717, 1.165) is 6.42 Å². The lowest BCUT2D eigenvalue weighted by molar-refractivity contribution is 0.400. The standard InChI is InChI=1S/C23H38N2/c1-4-5-6-7-8-9-10-11-13-16-23(17-14-12-15-18-23)22-24-19-20-25(22)21(2)3/h12,14-15,17,19-21H,4-11,13,16,18H2,1-3H3. The molecule has 2 nitrogen and oxygen atoms in total. The van der Waals surface area contributed by atoms with Crippen LogP contribution in [0.15, 0.2) is 36.7 Å². The third-order valence-corrected chi connectivity index (χ3v) is 5.54. The maximum Gasteiger partial charge on any atom is 0.119 e. The zero-order valence-corrected chi connectivity index (χ0v) is 16.7. The number of aromatic nitrogens is 2. The van der Waals surface area contributed by atoms with Gasteiger partial charge in [-0.3, -0.25) is 0 Å². The van der Waals surface area contributed by atoms with Crippen molar-refractivity contribution in [3.63, 3.8) is 0 Å². The van der Waals surface area contributed by atoms with Crippen LogP contribution in [0.5, 0.6) is 0 Å². The third-order valence-electron chi connectivity index (χ3n) is 5.54. The highest BCUT2D eigenvalue weighted by molar-refractivity contribution is 5.28. The lowest BCUT2D eigenvalue weighted by Gasteiger charge is -2.32. The van der Waals surface area contributed by atoms with Crippen molar-refractivity contribution >= 4 is 0 Å². The number of imidazole rings is 1. The first kappa shape index (κ1) is 20.0. The Labute approximate surface area is 155 Å². The van der Waals surface area contributed by atoms with Gasteiger partial charge in [0.05, 0.1) is 5.41 Å². The van der Waals surface area contributed by atoms with Gasteiger partial charge in [0, 0.05) is 18.4 Å². The Morgan fingerprint density at radius 1 is 1.00 bits per heavy atom. The Balaban J connectivity index is 1.82. The van der Waals surface area contributed by atoms with Gasteiger partial charge in [-0.05, 0) is 26.7 Å². The van der Waals surface area contributed by atoms with Gasteiger partial charge in [-0.25, -0.2) is 4.98 Å². The molecule has 25 heavy (non-hydrogen) atoms. The quantitative estimate of drug-likeness (QED) is 0.369. The average molecular weight is 343 g/mol. The molecule has 0 saturated carbocycles. The molecule has 0 radical (unpaired) electrons. The summed E-state index contributed by atoms with van der Waals surface area (Å²) in [6, 6.07) is 0.469. The van der Waals surface area contributed by atoms with Crippen molar-refractivity contribution in [2.45, 2.75) is 103 Å². The van der Waals surface area contributed by atoms with E-state index in [4.69, 9.17) is 4.98 Å². The summed E-state index contributed by atoms with van der Waals surface area (Å²) >= 11 is 0. The molecule has 1 atom stereocenters. The highest BCUT2D eigenvalue weighted by Gasteiger charge is 2.33. The van der Waals surface area contributed by atoms with Crippen LogP contribution in [-0.2, 0) is 5.41 Å². The molecule has 0 saturated heterocycles. The molecule has 0 N–H and O–H groups in total. The second kappa shape index (κ2) is 10.6. The summed E-state index contributed by atoms with van der Waals surface area (Å²) in [7, 11) is 0. The molecule has 1 aliphatic rings. The fourth-order valence-electron chi connectivity index (χ4n) is 3.99. The van der Waals surface area contributed by atoms with E-state index in [-0.39, 0.29) is 5.41 Å². The predicted molar refractivity (Wildman–Crippen MR) is 109 cm³/mol. The van der Waals surface area contributed by atoms with Crippen molar-refractivity contribution in [2.24, 2.45) is 0 Å². The summed E-state index contributed by atoms with van der Waals surface area (Å²) < 4.78 is 2.36. The van der Waals surface area contributed by atoms with Crippen molar-refractivity contribution in [1.82, 2.24) is 9.55 Å². The van der Waals surface area contributed by atoms with Gasteiger partial charge in [0.1, 0.15) is 5.82 Å². The molecule has 0 spiro atoms. The van der Waals surface area contributed by atoms with Crippen molar-refractivity contribution in [1.29, 1.82) is 0 Å². The summed E-state index contributed by atoms with van der Waals surface area (Å²) in [4.78, 5) is 4.77. The van der Waals surface area contributed by atoms with Crippen LogP contribution in [0.25, 0.3) is 0 Å². The largest absolute Gasteiger partial charge is 0.332 e. The van der Waals surface area contributed by atoms with Gasteiger partial charge >= 0.3 is 0 Å². The molecule has 0 aromatic carbocycles. The van der Waals surface area contributed by atoms with Crippen molar-refractivity contribution in [3.05, 3.63) is 42.5 Å². The minimum Gasteiger partial charge on any atom is -0.332 e. The maximum absolute atomic E-state index is 4.77. The highest BCUT2D eigenvalue weighted by Crippen LogP contribution is 2.37. The van der Waals surface area contributed by atoms with Crippen LogP contribution < -0.4 is 0 Å². The van der Waals surface area contributed by atoms with Crippen molar-refractivity contribution in [2.75, 3.05) is 0 Å². The minimum atomic E-state index is 0.101. The molecule has 0 fully saturated rings. The smallest absolute Gasteiger partial charge is 0.119 e. The third kappa shape index (κ3) is 5.87. The first-order valence-electron chi connectivity index (χ1n) is 10.6. The lowest BCUT2D eigenvalue weighted by atomic mass is 9.76. The Hall–Kier alpha value is -1.31. The normalized spacial score (nSPS) is 19.8. The van der Waals surface area contributed by atoms with E-state index in [1.807, 2.05) is 6.20 Å². The summed E-state index contributed by atoms with van der Waals surface area (Å²) in [5.74, 6) is 1.25. The average Bonchev–Trinajstić information content (AvgIpc) is 3.12. The molecule has 0 bridgehead atoms. The molecular formula is C23H38N2. The van der Waals surface area contributed by atoms with E-state index in [1.54, 1.807) is 0 Å². The first-order valence-corrected chi connectivity index (χ1v) is 10.6. The van der Waals surface area contributed by atoms with E-state index in [1.165, 1.54) is 70.0 Å². The molecule has 1 aromatic heterocycles. The SMILES string of the molecule is CCCCCCCCCCCC1(c2nccn2C(C)C)C=CC=CC1. The van der Waals surface area contributed by atoms with Crippen LogP contribution >= 0.6 is 0 Å². The van der Waals surface area contributed by atoms with E-state index < -0.39 is 0 Å². The summed E-state index contributed by atoms with van der Waals surface area (Å²) in [6.07, 6.45) is 28.0. The summed E-state index contributed by atoms with van der Waals surface area (Å²) in [5.41, 5.74) is 0.101. The zero-order chi connectivity index (χ0) is 18.0. The number of rotatable bonds is 12. The topological polar surface area (TPSA) is 17.8 Å². The van der Waals surface area contributed by atoms with Gasteiger partial charge in [0.25, 0.3) is 0 Å². The first-order chi connectivity index (χ1) is 12.2. The number of allylic oxidation sites excluding steroid dienone is 4. The number of hydrogen-bond acceptors (Lipinski definition) is 1. The fourth-order valence-corrected chi connectivity index (χ4v) is 3.99. The van der Waals surface area contributed by atoms with Crippen LogP contribution in [0.2, 0.25) is 0 Å². The monoisotopic (exact) mass is 342 g/mol. The van der Waals surface area contributed by atoms with E-state index in [9.17, 15) is 0 Å². The van der Waals surface area contributed by atoms with Crippen molar-refractivity contribution in [3.8, 4) is 0 Å². The summed E-state index contributed by atoms with van der Waals surface area (Å²) in [5, 5.41) is 0. The van der Waals surface area contributed by atoms with Gasteiger partial charge < -0.3 is 4.57 Å². The Kier molecular flexibility index (Phi) is 8.51. The maximum atomic E-state index is 4.77. The van der Waals surface area contributed by atoms with E-state index in [0.29, 0.717) is 6.04 Å². The molecule has 1 heterocycles. The van der Waals surface area contributed by atoms with Crippen LogP contribution in [0.1, 0.15) is 103 Å². The Morgan fingerprint density at radius 2 is 1.68 bits per heavy atom.